The number of nitrogens with zero attached hydrogens (tertiary/aromatic N) is 2. The van der Waals surface area contributed by atoms with E-state index < -0.39 is 0 Å². The largest absolute Gasteiger partial charge is 0.508 e. The fourth-order valence-corrected chi connectivity index (χ4v) is 2.01. The Labute approximate surface area is 121 Å². The molecule has 1 aromatic carbocycles. The lowest BCUT2D eigenvalue weighted by Gasteiger charge is -2.17. The Morgan fingerprint density at radius 1 is 1.35 bits per heavy atom. The summed E-state index contributed by atoms with van der Waals surface area (Å²) < 4.78 is 5.14. The summed E-state index contributed by atoms with van der Waals surface area (Å²) in [5.41, 5.74) is 6.21. The van der Waals surface area contributed by atoms with E-state index in [1.165, 1.54) is 0 Å². The van der Waals surface area contributed by atoms with Gasteiger partial charge in [0.05, 0.1) is 13.2 Å². The van der Waals surface area contributed by atoms with Gasteiger partial charge in [-0.2, -0.15) is 4.98 Å². The monoisotopic (exact) mass is 294 g/mol. The molecule has 7 heteroatoms. The van der Waals surface area contributed by atoms with Crippen molar-refractivity contribution in [2.75, 3.05) is 18.2 Å². The number of nitrogen functional groups attached to an aromatic ring is 1. The maximum atomic E-state index is 9.91. The van der Waals surface area contributed by atoms with E-state index in [-0.39, 0.29) is 22.9 Å². The maximum Gasteiger partial charge on any atom is 0.223 e. The normalized spacial score (nSPS) is 11.9. The van der Waals surface area contributed by atoms with Gasteiger partial charge in [0.25, 0.3) is 0 Å². The molecule has 20 heavy (non-hydrogen) atoms. The maximum absolute atomic E-state index is 9.91. The lowest BCUT2D eigenvalue weighted by Crippen LogP contribution is -2.09. The van der Waals surface area contributed by atoms with E-state index in [2.05, 4.69) is 15.3 Å². The highest BCUT2D eigenvalue weighted by Gasteiger charge is 2.13. The minimum absolute atomic E-state index is 0.0852. The minimum Gasteiger partial charge on any atom is -0.508 e. The molecule has 1 heterocycles. The van der Waals surface area contributed by atoms with Crippen LogP contribution in [0.25, 0.3) is 0 Å². The Bertz CT molecular complexity index is 601. The summed E-state index contributed by atoms with van der Waals surface area (Å²) in [6.45, 7) is 1.88. The Balaban J connectivity index is 2.25. The van der Waals surface area contributed by atoms with Crippen molar-refractivity contribution >= 4 is 23.4 Å². The summed E-state index contributed by atoms with van der Waals surface area (Å²) in [6, 6.07) is 6.36. The van der Waals surface area contributed by atoms with Crippen molar-refractivity contribution in [2.24, 2.45) is 0 Å². The lowest BCUT2D eigenvalue weighted by atomic mass is 10.1. The average molecular weight is 295 g/mol. The zero-order valence-corrected chi connectivity index (χ0v) is 11.8. The van der Waals surface area contributed by atoms with Crippen LogP contribution in [0.5, 0.6) is 11.5 Å². The first kappa shape index (κ1) is 14.2. The molecule has 2 rings (SSSR count). The van der Waals surface area contributed by atoms with Crippen LogP contribution in [0.2, 0.25) is 5.15 Å². The molecule has 0 aliphatic carbocycles. The van der Waals surface area contributed by atoms with Crippen molar-refractivity contribution in [3.05, 3.63) is 35.0 Å². The molecule has 0 amide bonds. The molecule has 1 aromatic heterocycles. The number of methoxy groups -OCH3 is 1. The van der Waals surface area contributed by atoms with Crippen molar-refractivity contribution in [3.63, 3.8) is 0 Å². The summed E-state index contributed by atoms with van der Waals surface area (Å²) in [4.78, 5) is 7.81. The summed E-state index contributed by atoms with van der Waals surface area (Å²) in [5.74, 6) is 1.39. The zero-order valence-electron chi connectivity index (χ0n) is 11.1. The van der Waals surface area contributed by atoms with Crippen LogP contribution in [-0.4, -0.2) is 22.2 Å². The number of ether oxygens (including phenoxy) is 1. The number of halogens is 1. The molecule has 0 radical (unpaired) electrons. The molecule has 2 aromatic rings. The van der Waals surface area contributed by atoms with Crippen molar-refractivity contribution in [1.29, 1.82) is 0 Å². The molecule has 0 bridgehead atoms. The quantitative estimate of drug-likeness (QED) is 0.751. The highest BCUT2D eigenvalue weighted by atomic mass is 35.5. The predicted octanol–water partition coefficient (Wildman–Crippen LogP) is 2.60. The fourth-order valence-electron chi connectivity index (χ4n) is 1.82. The van der Waals surface area contributed by atoms with Gasteiger partial charge in [0, 0.05) is 11.6 Å². The number of benzene rings is 1. The Morgan fingerprint density at radius 2 is 2.10 bits per heavy atom. The fraction of sp³-hybridized carbons (Fsp3) is 0.231. The van der Waals surface area contributed by atoms with Crippen LogP contribution in [0.1, 0.15) is 18.5 Å². The van der Waals surface area contributed by atoms with Crippen molar-refractivity contribution in [2.45, 2.75) is 13.0 Å². The van der Waals surface area contributed by atoms with Crippen molar-refractivity contribution in [1.82, 2.24) is 9.97 Å². The number of phenols is 1. The second-order valence-electron chi connectivity index (χ2n) is 4.22. The molecule has 0 spiro atoms. The van der Waals surface area contributed by atoms with Gasteiger partial charge < -0.3 is 20.9 Å². The standard InChI is InChI=1S/C13H15ClN4O2/c1-7(9-5-8(20-2)3-4-10(9)19)16-12-6-11(14)17-13(15)18-12/h3-7,19H,1-2H3,(H3,15,16,17,18). The van der Waals surface area contributed by atoms with Gasteiger partial charge in [-0.15, -0.1) is 0 Å². The molecule has 0 fully saturated rings. The van der Waals surface area contributed by atoms with E-state index in [4.69, 9.17) is 22.1 Å². The second kappa shape index (κ2) is 5.83. The van der Waals surface area contributed by atoms with Crippen LogP contribution in [0, 0.1) is 0 Å². The number of nitrogens with one attached hydrogen (secondary N) is 1. The van der Waals surface area contributed by atoms with Gasteiger partial charge in [-0.25, -0.2) is 4.98 Å². The van der Waals surface area contributed by atoms with Gasteiger partial charge in [0.2, 0.25) is 5.95 Å². The summed E-state index contributed by atoms with van der Waals surface area (Å²) in [7, 11) is 1.57. The summed E-state index contributed by atoms with van der Waals surface area (Å²) in [6.07, 6.45) is 0. The van der Waals surface area contributed by atoms with E-state index >= 15 is 0 Å². The SMILES string of the molecule is COc1ccc(O)c(C(C)Nc2cc(Cl)nc(N)n2)c1. The number of nitrogens with two attached hydrogens (primary N) is 1. The number of hydrogen-bond acceptors (Lipinski definition) is 6. The number of anilines is 2. The molecule has 6 nitrogen and oxygen atoms in total. The lowest BCUT2D eigenvalue weighted by molar-refractivity contribution is 0.410. The molecule has 106 valence electrons. The Hall–Kier alpha value is -2.21. The average Bonchev–Trinajstić information content (AvgIpc) is 2.37. The van der Waals surface area contributed by atoms with Crippen LogP contribution in [-0.2, 0) is 0 Å². The molecule has 4 N–H and O–H groups in total. The van der Waals surface area contributed by atoms with Crippen molar-refractivity contribution < 1.29 is 9.84 Å². The van der Waals surface area contributed by atoms with E-state index in [1.54, 1.807) is 31.4 Å². The Kier molecular flexibility index (Phi) is 4.14. The molecule has 0 saturated heterocycles. The minimum atomic E-state index is -0.213. The third kappa shape index (κ3) is 3.21. The van der Waals surface area contributed by atoms with Gasteiger partial charge >= 0.3 is 0 Å². The molecule has 1 unspecified atom stereocenters. The first-order valence-corrected chi connectivity index (χ1v) is 6.31. The zero-order chi connectivity index (χ0) is 14.7. The predicted molar refractivity (Wildman–Crippen MR) is 78.2 cm³/mol. The van der Waals surface area contributed by atoms with Crippen molar-refractivity contribution in [3.8, 4) is 11.5 Å². The summed E-state index contributed by atoms with van der Waals surface area (Å²) >= 11 is 5.82. The van der Waals surface area contributed by atoms with Crippen LogP contribution >= 0.6 is 11.6 Å². The van der Waals surface area contributed by atoms with Gasteiger partial charge in [-0.1, -0.05) is 11.6 Å². The first-order chi connectivity index (χ1) is 9.49. The smallest absolute Gasteiger partial charge is 0.223 e. The molecular weight excluding hydrogens is 280 g/mol. The molecular formula is C13H15ClN4O2. The number of aromatic nitrogens is 2. The molecule has 0 saturated carbocycles. The van der Waals surface area contributed by atoms with E-state index in [1.807, 2.05) is 6.92 Å². The first-order valence-electron chi connectivity index (χ1n) is 5.93. The highest BCUT2D eigenvalue weighted by molar-refractivity contribution is 6.29. The van der Waals surface area contributed by atoms with Gasteiger partial charge in [-0.05, 0) is 25.1 Å². The van der Waals surface area contributed by atoms with Crippen LogP contribution in [0.15, 0.2) is 24.3 Å². The topological polar surface area (TPSA) is 93.3 Å². The van der Waals surface area contributed by atoms with Crippen LogP contribution < -0.4 is 15.8 Å². The van der Waals surface area contributed by atoms with E-state index in [0.29, 0.717) is 17.1 Å². The third-order valence-corrected chi connectivity index (χ3v) is 2.97. The number of rotatable bonds is 4. The number of hydrogen-bond donors (Lipinski definition) is 3. The molecule has 0 aliphatic rings. The van der Waals surface area contributed by atoms with Crippen LogP contribution in [0.4, 0.5) is 11.8 Å². The summed E-state index contributed by atoms with van der Waals surface area (Å²) in [5, 5.41) is 13.3. The number of phenolic OH excluding ortho intramolecular Hbond substituents is 1. The van der Waals surface area contributed by atoms with Crippen LogP contribution in [0.3, 0.4) is 0 Å². The highest BCUT2D eigenvalue weighted by Crippen LogP contribution is 2.30. The Morgan fingerprint density at radius 3 is 2.75 bits per heavy atom. The van der Waals surface area contributed by atoms with E-state index in [0.717, 1.165) is 0 Å². The van der Waals surface area contributed by atoms with Gasteiger partial charge in [0.1, 0.15) is 22.5 Å². The second-order valence-corrected chi connectivity index (χ2v) is 4.61. The molecule has 1 atom stereocenters. The van der Waals surface area contributed by atoms with Gasteiger partial charge in [-0.3, -0.25) is 0 Å². The van der Waals surface area contributed by atoms with E-state index in [9.17, 15) is 5.11 Å². The van der Waals surface area contributed by atoms with Gasteiger partial charge in [0.15, 0.2) is 0 Å². The molecule has 0 aliphatic heterocycles. The third-order valence-electron chi connectivity index (χ3n) is 2.78. The number of aromatic hydroxyl groups is 1.